The molecule has 0 aromatic carbocycles. The molecule has 0 fully saturated rings. The molecule has 0 bridgehead atoms. The number of aryl methyl sites for hydroxylation is 1. The number of hydrogen-bond donors (Lipinski definition) is 1. The molecule has 5 aromatic heterocycles. The summed E-state index contributed by atoms with van der Waals surface area (Å²) in [6.45, 7) is 0. The normalized spacial score (nSPS) is 14.7. The minimum Gasteiger partial charge on any atom is -0.455 e. The van der Waals surface area contributed by atoms with Gasteiger partial charge in [0.2, 0.25) is 16.0 Å². The molecule has 1 amide bonds. The molecule has 45 heavy (non-hydrogen) atoms. The predicted octanol–water partition coefficient (Wildman–Crippen LogP) is 3.56. The van der Waals surface area contributed by atoms with Crippen LogP contribution in [-0.4, -0.2) is 58.3 Å². The van der Waals surface area contributed by atoms with Crippen molar-refractivity contribution in [2.45, 2.75) is 19.3 Å². The van der Waals surface area contributed by atoms with E-state index in [1.54, 1.807) is 42.8 Å². The third kappa shape index (κ3) is 4.70. The van der Waals surface area contributed by atoms with E-state index in [1.807, 2.05) is 4.40 Å². The van der Waals surface area contributed by atoms with Crippen LogP contribution in [0.1, 0.15) is 40.2 Å². The maximum atomic E-state index is 14.8. The molecule has 7 rings (SSSR count). The molecule has 0 saturated heterocycles. The van der Waals surface area contributed by atoms with E-state index in [0.29, 0.717) is 68.1 Å². The summed E-state index contributed by atoms with van der Waals surface area (Å²) in [5.74, 6) is -1.25. The summed E-state index contributed by atoms with van der Waals surface area (Å²) in [4.78, 5) is 26.5. The van der Waals surface area contributed by atoms with Gasteiger partial charge in [-0.2, -0.15) is 4.39 Å². The second kappa shape index (κ2) is 10.5. The number of halogens is 2. The van der Waals surface area contributed by atoms with Gasteiger partial charge in [0.25, 0.3) is 5.91 Å². The summed E-state index contributed by atoms with van der Waals surface area (Å²) < 4.78 is 63.2. The standard InChI is InChI=1S/C32H26F2N6O4S/c1-35-32(41)29-20-13-19(22-8-9-23-30(38-22)26-14-18-21(33)5-4-6-25(18)40(26)16-37-23)24(39(2)45(3,42)43)10-11-27(20)44-31(29)17-7-12-28(34)36-15-17/h5,7-9,11-16H,4,6,10H2,1-3H3,(H,35,41). The quantitative estimate of drug-likeness (QED) is 0.296. The van der Waals surface area contributed by atoms with Crippen molar-refractivity contribution in [3.8, 4) is 11.3 Å². The summed E-state index contributed by atoms with van der Waals surface area (Å²) in [5, 5.41) is 3.03. The number of fused-ring (bicyclic) bond motifs is 6. The third-order valence-electron chi connectivity index (χ3n) is 8.18. The maximum absolute atomic E-state index is 14.8. The molecular weight excluding hydrogens is 602 g/mol. The van der Waals surface area contributed by atoms with E-state index in [0.717, 1.165) is 11.9 Å². The second-order valence-corrected chi connectivity index (χ2v) is 12.8. The smallest absolute Gasteiger partial charge is 0.255 e. The number of aromatic nitrogens is 4. The molecule has 2 aliphatic carbocycles. The minimum absolute atomic E-state index is 0.113. The molecule has 13 heteroatoms. The van der Waals surface area contributed by atoms with E-state index >= 15 is 0 Å². The van der Waals surface area contributed by atoms with Crippen LogP contribution in [0.3, 0.4) is 0 Å². The summed E-state index contributed by atoms with van der Waals surface area (Å²) in [6, 6.07) is 7.89. The predicted molar refractivity (Wildman–Crippen MR) is 166 cm³/mol. The zero-order chi connectivity index (χ0) is 31.6. The minimum atomic E-state index is -3.71. The average Bonchev–Trinajstić information content (AvgIpc) is 3.53. The molecule has 0 aliphatic heterocycles. The molecule has 0 saturated carbocycles. The van der Waals surface area contributed by atoms with Gasteiger partial charge in [0.05, 0.1) is 28.5 Å². The number of hydrogen-bond acceptors (Lipinski definition) is 7. The van der Waals surface area contributed by atoms with E-state index in [1.165, 1.54) is 36.7 Å². The van der Waals surface area contributed by atoms with Gasteiger partial charge in [-0.3, -0.25) is 9.10 Å². The Hall–Kier alpha value is -5.17. The first-order chi connectivity index (χ1) is 21.5. The van der Waals surface area contributed by atoms with Crippen molar-refractivity contribution in [1.82, 2.24) is 29.0 Å². The van der Waals surface area contributed by atoms with Crippen molar-refractivity contribution < 1.29 is 26.4 Å². The van der Waals surface area contributed by atoms with Gasteiger partial charge in [0.15, 0.2) is 0 Å². The lowest BCUT2D eigenvalue weighted by Crippen LogP contribution is -2.30. The summed E-state index contributed by atoms with van der Waals surface area (Å²) in [6.07, 6.45) is 10.3. The average molecular weight is 629 g/mol. The van der Waals surface area contributed by atoms with Gasteiger partial charge in [0, 0.05) is 60.0 Å². The Morgan fingerprint density at radius 2 is 1.96 bits per heavy atom. The monoisotopic (exact) mass is 628 g/mol. The number of pyridine rings is 2. The highest BCUT2D eigenvalue weighted by Crippen LogP contribution is 2.34. The van der Waals surface area contributed by atoms with Gasteiger partial charge in [-0.1, -0.05) is 0 Å². The Kier molecular flexibility index (Phi) is 6.66. The maximum Gasteiger partial charge on any atom is 0.255 e. The number of nitrogens with zero attached hydrogens (tertiary/aromatic N) is 5. The Balaban J connectivity index is 1.52. The van der Waals surface area contributed by atoms with Crippen molar-refractivity contribution in [3.63, 3.8) is 0 Å². The van der Waals surface area contributed by atoms with E-state index in [-0.39, 0.29) is 23.6 Å². The van der Waals surface area contributed by atoms with E-state index < -0.39 is 21.9 Å². The topological polar surface area (TPSA) is 123 Å². The third-order valence-corrected chi connectivity index (χ3v) is 9.40. The van der Waals surface area contributed by atoms with Crippen LogP contribution in [0.25, 0.3) is 51.4 Å². The number of sulfonamides is 1. The van der Waals surface area contributed by atoms with Crippen LogP contribution in [0.4, 0.5) is 8.78 Å². The molecule has 2 aliphatic rings. The fourth-order valence-corrected chi connectivity index (χ4v) is 6.44. The van der Waals surface area contributed by atoms with E-state index in [2.05, 4.69) is 15.3 Å². The van der Waals surface area contributed by atoms with Gasteiger partial charge in [0.1, 0.15) is 28.8 Å². The Morgan fingerprint density at radius 3 is 2.69 bits per heavy atom. The van der Waals surface area contributed by atoms with Crippen LogP contribution in [0.15, 0.2) is 59.0 Å². The molecule has 1 N–H and O–H groups in total. The number of carbonyl (C=O) groups excluding carboxylic acids is 1. The zero-order valence-electron chi connectivity index (χ0n) is 24.4. The van der Waals surface area contributed by atoms with Gasteiger partial charge in [-0.25, -0.2) is 27.8 Å². The number of nitrogens with one attached hydrogen (secondary N) is 1. The lowest BCUT2D eigenvalue weighted by atomic mass is 10.0. The first-order valence-corrected chi connectivity index (χ1v) is 15.9. The van der Waals surface area contributed by atoms with Crippen molar-refractivity contribution >= 4 is 56.0 Å². The van der Waals surface area contributed by atoms with Gasteiger partial charge < -0.3 is 14.1 Å². The Morgan fingerprint density at radius 1 is 1.13 bits per heavy atom. The zero-order valence-corrected chi connectivity index (χ0v) is 25.2. The van der Waals surface area contributed by atoms with Crippen LogP contribution < -0.4 is 16.0 Å². The lowest BCUT2D eigenvalue weighted by molar-refractivity contribution is 0.0962. The number of rotatable bonds is 5. The SMILES string of the molecule is CNC(=O)c1c(-c2ccc(F)nc2)oc2c1=CC(c1ccc3ncn4c5c(cc4c3n1)C(F)=CCC5)=C(N(C)S(C)(=O)=O)CC=2. The van der Waals surface area contributed by atoms with Crippen LogP contribution in [-0.2, 0) is 16.4 Å². The summed E-state index contributed by atoms with van der Waals surface area (Å²) in [5.41, 5.74) is 5.17. The Labute approximate surface area is 255 Å². The molecule has 0 unspecified atom stereocenters. The molecule has 228 valence electrons. The number of amides is 1. The van der Waals surface area contributed by atoms with Crippen LogP contribution >= 0.6 is 0 Å². The van der Waals surface area contributed by atoms with E-state index in [9.17, 15) is 22.0 Å². The van der Waals surface area contributed by atoms with Crippen molar-refractivity contribution in [1.29, 1.82) is 0 Å². The van der Waals surface area contributed by atoms with Crippen molar-refractivity contribution in [2.24, 2.45) is 0 Å². The van der Waals surface area contributed by atoms with Gasteiger partial charge in [-0.15, -0.1) is 0 Å². The second-order valence-electron chi connectivity index (χ2n) is 10.8. The number of allylic oxidation sites excluding steroid dienone is 3. The molecule has 0 radical (unpaired) electrons. The summed E-state index contributed by atoms with van der Waals surface area (Å²) >= 11 is 0. The van der Waals surface area contributed by atoms with Gasteiger partial charge >= 0.3 is 0 Å². The van der Waals surface area contributed by atoms with Crippen molar-refractivity contribution in [3.05, 3.63) is 93.7 Å². The largest absolute Gasteiger partial charge is 0.455 e. The fraction of sp³-hybridized carbons (Fsp3) is 0.188. The molecule has 10 nitrogen and oxygen atoms in total. The van der Waals surface area contributed by atoms with Crippen LogP contribution in [0.2, 0.25) is 0 Å². The van der Waals surface area contributed by atoms with E-state index in [4.69, 9.17) is 9.40 Å². The summed E-state index contributed by atoms with van der Waals surface area (Å²) in [7, 11) is -0.783. The highest BCUT2D eigenvalue weighted by atomic mass is 32.2. The number of furan rings is 1. The number of carbonyl (C=O) groups is 1. The fourth-order valence-electron chi connectivity index (χ4n) is 5.87. The molecule has 5 aromatic rings. The molecule has 0 atom stereocenters. The Bertz CT molecular complexity index is 2370. The molecule has 0 spiro atoms. The lowest BCUT2D eigenvalue weighted by Gasteiger charge is -2.22. The van der Waals surface area contributed by atoms with Crippen molar-refractivity contribution in [2.75, 3.05) is 20.4 Å². The molecule has 5 heterocycles. The first-order valence-electron chi connectivity index (χ1n) is 14.1. The molecular formula is C32H26F2N6O4S. The first kappa shape index (κ1) is 28.6. The highest BCUT2D eigenvalue weighted by Gasteiger charge is 2.26. The highest BCUT2D eigenvalue weighted by molar-refractivity contribution is 7.88. The van der Waals surface area contributed by atoms with Crippen LogP contribution in [0.5, 0.6) is 0 Å². The van der Waals surface area contributed by atoms with Gasteiger partial charge in [-0.05, 0) is 61.4 Å². The van der Waals surface area contributed by atoms with Crippen LogP contribution in [0, 0.1) is 5.95 Å².